The van der Waals surface area contributed by atoms with Gasteiger partial charge in [0.25, 0.3) is 0 Å². The molecule has 0 spiro atoms. The molecule has 0 bridgehead atoms. The summed E-state index contributed by atoms with van der Waals surface area (Å²) in [5.41, 5.74) is -0.735. The minimum atomic E-state index is -0.735. The Hall–Kier alpha value is -0.610. The first kappa shape index (κ1) is 16.8. The van der Waals surface area contributed by atoms with Crippen molar-refractivity contribution in [2.75, 3.05) is 19.6 Å². The summed E-state index contributed by atoms with van der Waals surface area (Å²) < 4.78 is 0. The zero-order chi connectivity index (χ0) is 15.6. The van der Waals surface area contributed by atoms with E-state index in [4.69, 9.17) is 0 Å². The van der Waals surface area contributed by atoms with Gasteiger partial charge in [0.1, 0.15) is 5.54 Å². The highest BCUT2D eigenvalue weighted by Gasteiger charge is 2.52. The van der Waals surface area contributed by atoms with E-state index in [-0.39, 0.29) is 0 Å². The van der Waals surface area contributed by atoms with Crippen LogP contribution in [0.5, 0.6) is 0 Å². The van der Waals surface area contributed by atoms with E-state index < -0.39 is 11.5 Å². The molecule has 0 aromatic rings. The van der Waals surface area contributed by atoms with Crippen molar-refractivity contribution in [2.45, 2.75) is 65.0 Å². The Morgan fingerprint density at radius 2 is 2.00 bits per heavy atom. The molecular formula is C17H32N2O2. The van der Waals surface area contributed by atoms with Gasteiger partial charge in [0.15, 0.2) is 0 Å². The van der Waals surface area contributed by atoms with E-state index in [2.05, 4.69) is 37.9 Å². The fraction of sp³-hybridized carbons (Fsp3) is 0.941. The van der Waals surface area contributed by atoms with Crippen LogP contribution in [0.25, 0.3) is 0 Å². The third-order valence-electron chi connectivity index (χ3n) is 5.52. The Bertz CT molecular complexity index is 370. The molecule has 1 aliphatic carbocycles. The van der Waals surface area contributed by atoms with Crippen molar-refractivity contribution < 1.29 is 9.90 Å². The molecule has 0 aromatic carbocycles. The van der Waals surface area contributed by atoms with Gasteiger partial charge in [0.05, 0.1) is 0 Å². The first-order chi connectivity index (χ1) is 9.90. The largest absolute Gasteiger partial charge is 0.480 e. The standard InChI is InChI=1S/C17H32N2O2/c1-5-8-18-17(16(20)21,15-6-7-15)11-19-10-12(2)9-13(3)14(19)4/h12-15,18H,5-11H2,1-4H3,(H,20,21). The number of hydrogen-bond acceptors (Lipinski definition) is 3. The molecule has 0 aromatic heterocycles. The number of piperidine rings is 1. The summed E-state index contributed by atoms with van der Waals surface area (Å²) in [7, 11) is 0. The van der Waals surface area contributed by atoms with Crippen molar-refractivity contribution in [3.63, 3.8) is 0 Å². The van der Waals surface area contributed by atoms with Crippen LogP contribution in [0.3, 0.4) is 0 Å². The summed E-state index contributed by atoms with van der Waals surface area (Å²) in [5.74, 6) is 0.955. The van der Waals surface area contributed by atoms with Gasteiger partial charge in [-0.2, -0.15) is 0 Å². The molecule has 0 amide bonds. The van der Waals surface area contributed by atoms with Crippen molar-refractivity contribution >= 4 is 5.97 Å². The SMILES string of the molecule is CCCNC(CN1CC(C)CC(C)C1C)(C(=O)O)C1CC1. The average molecular weight is 296 g/mol. The second kappa shape index (κ2) is 6.66. The second-order valence-electron chi connectivity index (χ2n) is 7.47. The molecule has 122 valence electrons. The number of likely N-dealkylation sites (tertiary alicyclic amines) is 1. The number of rotatable bonds is 7. The first-order valence-electron chi connectivity index (χ1n) is 8.63. The van der Waals surface area contributed by atoms with Crippen LogP contribution in [0.15, 0.2) is 0 Å². The van der Waals surface area contributed by atoms with Gasteiger partial charge in [0.2, 0.25) is 0 Å². The zero-order valence-electron chi connectivity index (χ0n) is 14.1. The van der Waals surface area contributed by atoms with Crippen molar-refractivity contribution in [3.8, 4) is 0 Å². The lowest BCUT2D eigenvalue weighted by Crippen LogP contribution is -2.63. The van der Waals surface area contributed by atoms with Crippen LogP contribution in [0.4, 0.5) is 0 Å². The lowest BCUT2D eigenvalue weighted by atomic mass is 9.83. The van der Waals surface area contributed by atoms with E-state index in [0.717, 1.165) is 32.4 Å². The van der Waals surface area contributed by atoms with Crippen LogP contribution in [-0.4, -0.2) is 47.2 Å². The van der Waals surface area contributed by atoms with Crippen LogP contribution in [0, 0.1) is 17.8 Å². The van der Waals surface area contributed by atoms with Crippen LogP contribution in [-0.2, 0) is 4.79 Å². The van der Waals surface area contributed by atoms with Gasteiger partial charge in [-0.3, -0.25) is 9.69 Å². The highest BCUT2D eigenvalue weighted by atomic mass is 16.4. The highest BCUT2D eigenvalue weighted by Crippen LogP contribution is 2.41. The lowest BCUT2D eigenvalue weighted by molar-refractivity contribution is -0.148. The van der Waals surface area contributed by atoms with Crippen LogP contribution >= 0.6 is 0 Å². The van der Waals surface area contributed by atoms with E-state index in [1.807, 2.05) is 0 Å². The Morgan fingerprint density at radius 1 is 1.33 bits per heavy atom. The van der Waals surface area contributed by atoms with Crippen molar-refractivity contribution in [2.24, 2.45) is 17.8 Å². The number of nitrogens with zero attached hydrogens (tertiary/aromatic N) is 1. The van der Waals surface area contributed by atoms with Crippen molar-refractivity contribution in [3.05, 3.63) is 0 Å². The average Bonchev–Trinajstić information content (AvgIpc) is 3.24. The summed E-state index contributed by atoms with van der Waals surface area (Å²) >= 11 is 0. The number of aliphatic carboxylic acids is 1. The Kier molecular flexibility index (Phi) is 5.31. The van der Waals surface area contributed by atoms with Gasteiger partial charge in [-0.15, -0.1) is 0 Å². The molecule has 1 aliphatic heterocycles. The summed E-state index contributed by atoms with van der Waals surface area (Å²) in [6.07, 6.45) is 4.33. The third-order valence-corrected chi connectivity index (χ3v) is 5.52. The predicted octanol–water partition coefficient (Wildman–Crippen LogP) is 2.59. The molecule has 2 fully saturated rings. The van der Waals surface area contributed by atoms with Crippen LogP contribution < -0.4 is 5.32 Å². The number of nitrogens with one attached hydrogen (secondary N) is 1. The second-order valence-corrected chi connectivity index (χ2v) is 7.47. The molecule has 1 saturated carbocycles. The maximum absolute atomic E-state index is 12.1. The minimum absolute atomic E-state index is 0.307. The fourth-order valence-corrected chi connectivity index (χ4v) is 3.93. The molecular weight excluding hydrogens is 264 g/mol. The lowest BCUT2D eigenvalue weighted by Gasteiger charge is -2.45. The topological polar surface area (TPSA) is 52.6 Å². The summed E-state index contributed by atoms with van der Waals surface area (Å²) in [6, 6.07) is 0.474. The molecule has 1 saturated heterocycles. The van der Waals surface area contributed by atoms with E-state index in [9.17, 15) is 9.90 Å². The minimum Gasteiger partial charge on any atom is -0.480 e. The van der Waals surface area contributed by atoms with E-state index in [1.54, 1.807) is 0 Å². The quantitative estimate of drug-likeness (QED) is 0.758. The maximum atomic E-state index is 12.1. The normalized spacial score (nSPS) is 33.6. The molecule has 4 atom stereocenters. The van der Waals surface area contributed by atoms with Gasteiger partial charge >= 0.3 is 5.97 Å². The Balaban J connectivity index is 2.15. The number of hydrogen-bond donors (Lipinski definition) is 2. The smallest absolute Gasteiger partial charge is 0.325 e. The van der Waals surface area contributed by atoms with Crippen LogP contribution in [0.2, 0.25) is 0 Å². The summed E-state index contributed by atoms with van der Waals surface area (Å²) in [5, 5.41) is 13.3. The number of carboxylic acid groups (broad SMARTS) is 1. The highest BCUT2D eigenvalue weighted by molar-refractivity contribution is 5.80. The van der Waals surface area contributed by atoms with Crippen molar-refractivity contribution in [1.29, 1.82) is 0 Å². The zero-order valence-corrected chi connectivity index (χ0v) is 14.1. The van der Waals surface area contributed by atoms with Gasteiger partial charge in [-0.05, 0) is 56.9 Å². The maximum Gasteiger partial charge on any atom is 0.325 e. The summed E-state index contributed by atoms with van der Waals surface area (Å²) in [6.45, 7) is 11.4. The molecule has 4 nitrogen and oxygen atoms in total. The molecule has 21 heavy (non-hydrogen) atoms. The van der Waals surface area contributed by atoms with Gasteiger partial charge in [0, 0.05) is 19.1 Å². The van der Waals surface area contributed by atoms with E-state index in [1.165, 1.54) is 6.42 Å². The number of carboxylic acids is 1. The Morgan fingerprint density at radius 3 is 2.52 bits per heavy atom. The van der Waals surface area contributed by atoms with Gasteiger partial charge < -0.3 is 10.4 Å². The predicted molar refractivity (Wildman–Crippen MR) is 85.4 cm³/mol. The fourth-order valence-electron chi connectivity index (χ4n) is 3.93. The van der Waals surface area contributed by atoms with E-state index in [0.29, 0.717) is 30.3 Å². The van der Waals surface area contributed by atoms with Crippen molar-refractivity contribution in [1.82, 2.24) is 10.2 Å². The Labute approximate surface area is 129 Å². The molecule has 1 heterocycles. The van der Waals surface area contributed by atoms with Gasteiger partial charge in [-0.1, -0.05) is 20.8 Å². The molecule has 2 aliphatic rings. The first-order valence-corrected chi connectivity index (χ1v) is 8.63. The third kappa shape index (κ3) is 3.59. The molecule has 2 N–H and O–H groups in total. The molecule has 4 heteroatoms. The molecule has 0 radical (unpaired) electrons. The molecule has 4 unspecified atom stereocenters. The monoisotopic (exact) mass is 296 g/mol. The summed E-state index contributed by atoms with van der Waals surface area (Å²) in [4.78, 5) is 14.5. The van der Waals surface area contributed by atoms with Crippen LogP contribution in [0.1, 0.15) is 53.4 Å². The number of carbonyl (C=O) groups is 1. The molecule has 2 rings (SSSR count). The van der Waals surface area contributed by atoms with E-state index >= 15 is 0 Å². The van der Waals surface area contributed by atoms with Gasteiger partial charge in [-0.25, -0.2) is 0 Å².